The average Bonchev–Trinajstić information content (AvgIpc) is 2.30. The van der Waals surface area contributed by atoms with E-state index < -0.39 is 33.5 Å². The summed E-state index contributed by atoms with van der Waals surface area (Å²) in [5.41, 5.74) is -1.64. The van der Waals surface area contributed by atoms with Crippen molar-refractivity contribution < 1.29 is 18.4 Å². The highest BCUT2D eigenvalue weighted by Crippen LogP contribution is 2.29. The van der Waals surface area contributed by atoms with E-state index in [1.54, 1.807) is 13.8 Å². The molecule has 0 bridgehead atoms. The standard InChI is InChI=1S/C11H14F2N2O3/c1-11(2,18-3)6-14-10-8(15(16)17)5-4-7(12)9(10)13/h4-5,14H,6H2,1-3H3. The van der Waals surface area contributed by atoms with Gasteiger partial charge in [-0.3, -0.25) is 10.1 Å². The van der Waals surface area contributed by atoms with Crippen molar-refractivity contribution in [3.05, 3.63) is 33.9 Å². The number of rotatable bonds is 5. The van der Waals surface area contributed by atoms with Gasteiger partial charge in [0.1, 0.15) is 0 Å². The lowest BCUT2D eigenvalue weighted by Gasteiger charge is -2.23. The first-order valence-corrected chi connectivity index (χ1v) is 5.20. The van der Waals surface area contributed by atoms with Crippen LogP contribution in [0.15, 0.2) is 12.1 Å². The lowest BCUT2D eigenvalue weighted by Crippen LogP contribution is -2.32. The highest BCUT2D eigenvalue weighted by atomic mass is 19.2. The van der Waals surface area contributed by atoms with Crippen molar-refractivity contribution in [1.82, 2.24) is 0 Å². The van der Waals surface area contributed by atoms with Gasteiger partial charge >= 0.3 is 0 Å². The molecule has 1 rings (SSSR count). The SMILES string of the molecule is COC(C)(C)CNc1c([N+](=O)[O-])ccc(F)c1F. The van der Waals surface area contributed by atoms with Gasteiger partial charge in [0, 0.05) is 19.7 Å². The number of nitro benzene ring substituents is 1. The summed E-state index contributed by atoms with van der Waals surface area (Å²) < 4.78 is 31.7. The second-order valence-corrected chi connectivity index (χ2v) is 4.33. The molecule has 0 spiro atoms. The zero-order valence-corrected chi connectivity index (χ0v) is 10.3. The van der Waals surface area contributed by atoms with Crippen LogP contribution in [-0.4, -0.2) is 24.2 Å². The highest BCUT2D eigenvalue weighted by Gasteiger charge is 2.24. The molecular weight excluding hydrogens is 246 g/mol. The van der Waals surface area contributed by atoms with Crippen molar-refractivity contribution in [2.75, 3.05) is 19.0 Å². The van der Waals surface area contributed by atoms with E-state index in [9.17, 15) is 18.9 Å². The number of methoxy groups -OCH3 is 1. The quantitative estimate of drug-likeness (QED) is 0.653. The molecule has 0 atom stereocenters. The average molecular weight is 260 g/mol. The number of ether oxygens (including phenoxy) is 1. The lowest BCUT2D eigenvalue weighted by atomic mass is 10.1. The second-order valence-electron chi connectivity index (χ2n) is 4.33. The van der Waals surface area contributed by atoms with E-state index in [-0.39, 0.29) is 6.54 Å². The number of hydrogen-bond acceptors (Lipinski definition) is 4. The van der Waals surface area contributed by atoms with Crippen LogP contribution in [0.5, 0.6) is 0 Å². The molecule has 0 aliphatic rings. The van der Waals surface area contributed by atoms with Crippen LogP contribution < -0.4 is 5.32 Å². The fourth-order valence-corrected chi connectivity index (χ4v) is 1.23. The van der Waals surface area contributed by atoms with Crippen LogP contribution in [0.2, 0.25) is 0 Å². The summed E-state index contributed by atoms with van der Waals surface area (Å²) in [6, 6.07) is 1.64. The molecule has 0 saturated carbocycles. The number of nitro groups is 1. The predicted octanol–water partition coefficient (Wildman–Crippen LogP) is 2.71. The Morgan fingerprint density at radius 2 is 2.06 bits per heavy atom. The third-order valence-corrected chi connectivity index (χ3v) is 2.51. The maximum absolute atomic E-state index is 13.5. The van der Waals surface area contributed by atoms with Gasteiger partial charge in [-0.25, -0.2) is 8.78 Å². The monoisotopic (exact) mass is 260 g/mol. The zero-order chi connectivity index (χ0) is 13.9. The smallest absolute Gasteiger partial charge is 0.295 e. The van der Waals surface area contributed by atoms with Crippen molar-refractivity contribution >= 4 is 11.4 Å². The van der Waals surface area contributed by atoms with Gasteiger partial charge in [0.05, 0.1) is 10.5 Å². The molecule has 7 heteroatoms. The van der Waals surface area contributed by atoms with E-state index in [0.29, 0.717) is 0 Å². The Balaban J connectivity index is 3.06. The van der Waals surface area contributed by atoms with E-state index in [2.05, 4.69) is 5.32 Å². The van der Waals surface area contributed by atoms with Crippen molar-refractivity contribution in [1.29, 1.82) is 0 Å². The van der Waals surface area contributed by atoms with E-state index in [0.717, 1.165) is 12.1 Å². The first-order chi connectivity index (χ1) is 8.28. The van der Waals surface area contributed by atoms with E-state index >= 15 is 0 Å². The molecule has 18 heavy (non-hydrogen) atoms. The summed E-state index contributed by atoms with van der Waals surface area (Å²) in [7, 11) is 1.46. The van der Waals surface area contributed by atoms with Gasteiger partial charge in [-0.2, -0.15) is 0 Å². The van der Waals surface area contributed by atoms with Gasteiger partial charge in [0.15, 0.2) is 17.3 Å². The van der Waals surface area contributed by atoms with Crippen LogP contribution in [0, 0.1) is 21.7 Å². The van der Waals surface area contributed by atoms with Crippen LogP contribution in [0.1, 0.15) is 13.8 Å². The van der Waals surface area contributed by atoms with Gasteiger partial charge in [-0.05, 0) is 19.9 Å². The molecule has 1 aromatic carbocycles. The summed E-state index contributed by atoms with van der Waals surface area (Å²) in [5.74, 6) is -2.41. The van der Waals surface area contributed by atoms with Crippen molar-refractivity contribution in [2.45, 2.75) is 19.4 Å². The van der Waals surface area contributed by atoms with Crippen LogP contribution >= 0.6 is 0 Å². The summed E-state index contributed by atoms with van der Waals surface area (Å²) >= 11 is 0. The Bertz CT molecular complexity index is 464. The molecular formula is C11H14F2N2O3. The van der Waals surface area contributed by atoms with Gasteiger partial charge in [-0.15, -0.1) is 0 Å². The summed E-state index contributed by atoms with van der Waals surface area (Å²) in [4.78, 5) is 9.95. The highest BCUT2D eigenvalue weighted by molar-refractivity contribution is 5.62. The van der Waals surface area contributed by atoms with E-state index in [4.69, 9.17) is 4.74 Å². The minimum atomic E-state index is -1.27. The molecule has 1 N–H and O–H groups in total. The van der Waals surface area contributed by atoms with Gasteiger partial charge in [0.2, 0.25) is 0 Å². The molecule has 0 aliphatic heterocycles. The van der Waals surface area contributed by atoms with E-state index in [1.165, 1.54) is 7.11 Å². The molecule has 0 saturated heterocycles. The summed E-state index contributed by atoms with van der Waals surface area (Å²) in [6.45, 7) is 3.52. The number of benzene rings is 1. The molecule has 1 aromatic rings. The Hall–Kier alpha value is -1.76. The van der Waals surface area contributed by atoms with Crippen molar-refractivity contribution in [3.8, 4) is 0 Å². The fourth-order valence-electron chi connectivity index (χ4n) is 1.23. The Morgan fingerprint density at radius 3 is 2.56 bits per heavy atom. The van der Waals surface area contributed by atoms with Gasteiger partial charge in [-0.1, -0.05) is 0 Å². The largest absolute Gasteiger partial charge is 0.377 e. The Morgan fingerprint density at radius 1 is 1.44 bits per heavy atom. The topological polar surface area (TPSA) is 64.4 Å². The molecule has 0 heterocycles. The molecule has 0 radical (unpaired) electrons. The maximum Gasteiger partial charge on any atom is 0.295 e. The van der Waals surface area contributed by atoms with Crippen LogP contribution in [0.3, 0.4) is 0 Å². The minimum absolute atomic E-state index is 0.102. The van der Waals surface area contributed by atoms with E-state index in [1.807, 2.05) is 0 Å². The summed E-state index contributed by atoms with van der Waals surface area (Å²) in [6.07, 6.45) is 0. The molecule has 0 aromatic heterocycles. The molecule has 0 fully saturated rings. The van der Waals surface area contributed by atoms with Crippen LogP contribution in [-0.2, 0) is 4.74 Å². The molecule has 0 unspecified atom stereocenters. The van der Waals surface area contributed by atoms with Crippen LogP contribution in [0.4, 0.5) is 20.2 Å². The lowest BCUT2D eigenvalue weighted by molar-refractivity contribution is -0.384. The molecule has 100 valence electrons. The van der Waals surface area contributed by atoms with Crippen molar-refractivity contribution in [3.63, 3.8) is 0 Å². The third-order valence-electron chi connectivity index (χ3n) is 2.51. The minimum Gasteiger partial charge on any atom is -0.377 e. The fraction of sp³-hybridized carbons (Fsp3) is 0.455. The zero-order valence-electron chi connectivity index (χ0n) is 10.3. The molecule has 0 amide bonds. The first kappa shape index (κ1) is 14.3. The van der Waals surface area contributed by atoms with Crippen LogP contribution in [0.25, 0.3) is 0 Å². The normalized spacial score (nSPS) is 11.4. The Kier molecular flexibility index (Phi) is 4.18. The van der Waals surface area contributed by atoms with Crippen molar-refractivity contribution in [2.24, 2.45) is 0 Å². The Labute approximate surface area is 103 Å². The molecule has 5 nitrogen and oxygen atoms in total. The number of nitrogens with one attached hydrogen (secondary N) is 1. The third kappa shape index (κ3) is 3.13. The second kappa shape index (κ2) is 5.26. The number of anilines is 1. The number of halogens is 2. The molecule has 0 aliphatic carbocycles. The number of hydrogen-bond donors (Lipinski definition) is 1. The maximum atomic E-state index is 13.5. The van der Waals surface area contributed by atoms with Gasteiger partial charge < -0.3 is 10.1 Å². The predicted molar refractivity (Wildman–Crippen MR) is 62.6 cm³/mol. The first-order valence-electron chi connectivity index (χ1n) is 5.20. The number of nitrogens with zero attached hydrogens (tertiary/aromatic N) is 1. The van der Waals surface area contributed by atoms with Gasteiger partial charge in [0.25, 0.3) is 5.69 Å². The summed E-state index contributed by atoms with van der Waals surface area (Å²) in [5, 5.41) is 13.2.